The molecular weight excluding hydrogens is 244 g/mol. The molecule has 0 aromatic heterocycles. The topological polar surface area (TPSA) is 59.6 Å². The zero-order valence-corrected chi connectivity index (χ0v) is 11.7. The van der Waals surface area contributed by atoms with Gasteiger partial charge in [0.1, 0.15) is 0 Å². The lowest BCUT2D eigenvalue weighted by atomic mass is 9.98. The number of hydrogen-bond donors (Lipinski definition) is 2. The first-order chi connectivity index (χ1) is 9.34. The van der Waals surface area contributed by atoms with Gasteiger partial charge >= 0.3 is 0 Å². The Labute approximate surface area is 115 Å². The van der Waals surface area contributed by atoms with Crippen molar-refractivity contribution in [2.24, 2.45) is 0 Å². The van der Waals surface area contributed by atoms with Gasteiger partial charge in [-0.05, 0) is 12.8 Å². The minimum atomic E-state index is 0.0789. The fourth-order valence-electron chi connectivity index (χ4n) is 2.69. The van der Waals surface area contributed by atoms with Crippen LogP contribution in [-0.2, 0) is 14.3 Å². The molecule has 0 bridgehead atoms. The van der Waals surface area contributed by atoms with Crippen LogP contribution >= 0.6 is 0 Å². The molecule has 19 heavy (non-hydrogen) atoms. The van der Waals surface area contributed by atoms with Gasteiger partial charge in [-0.3, -0.25) is 4.79 Å². The number of carbonyl (C=O) groups excluding carboxylic acids is 1. The van der Waals surface area contributed by atoms with Gasteiger partial charge in [0.15, 0.2) is 0 Å². The number of amides is 1. The third-order valence-corrected chi connectivity index (χ3v) is 3.76. The Morgan fingerprint density at radius 2 is 2.16 bits per heavy atom. The van der Waals surface area contributed by atoms with Crippen molar-refractivity contribution in [3.63, 3.8) is 0 Å². The highest BCUT2D eigenvalue weighted by atomic mass is 16.5. The van der Waals surface area contributed by atoms with Crippen LogP contribution in [0, 0.1) is 0 Å². The van der Waals surface area contributed by atoms with Crippen LogP contribution < -0.4 is 10.6 Å². The molecule has 2 N–H and O–H groups in total. The lowest BCUT2D eigenvalue weighted by molar-refractivity contribution is -0.122. The van der Waals surface area contributed by atoms with Crippen LogP contribution in [0.1, 0.15) is 38.5 Å². The van der Waals surface area contributed by atoms with Crippen LogP contribution in [0.25, 0.3) is 0 Å². The maximum absolute atomic E-state index is 11.7. The van der Waals surface area contributed by atoms with Gasteiger partial charge in [-0.1, -0.05) is 19.3 Å². The van der Waals surface area contributed by atoms with Crippen LogP contribution in [0.2, 0.25) is 0 Å². The molecule has 0 aromatic rings. The first-order valence-corrected chi connectivity index (χ1v) is 7.54. The van der Waals surface area contributed by atoms with Crippen molar-refractivity contribution in [3.05, 3.63) is 0 Å². The summed E-state index contributed by atoms with van der Waals surface area (Å²) < 4.78 is 11.1. The lowest BCUT2D eigenvalue weighted by Crippen LogP contribution is -2.44. The Hall–Kier alpha value is -0.650. The van der Waals surface area contributed by atoms with E-state index in [1.54, 1.807) is 0 Å². The molecule has 2 rings (SSSR count). The number of nitrogens with one attached hydrogen (secondary N) is 2. The molecule has 0 radical (unpaired) electrons. The largest absolute Gasteiger partial charge is 0.378 e. The van der Waals surface area contributed by atoms with Crippen LogP contribution in [0.4, 0.5) is 0 Å². The summed E-state index contributed by atoms with van der Waals surface area (Å²) in [6.07, 6.45) is 7.17. The van der Waals surface area contributed by atoms with E-state index >= 15 is 0 Å². The van der Waals surface area contributed by atoms with E-state index in [0.717, 1.165) is 13.2 Å². The zero-order chi connectivity index (χ0) is 13.3. The third-order valence-electron chi connectivity index (χ3n) is 3.76. The SMILES string of the molecule is O=C(CC1COCCN1)NCCOC1CCCCC1. The van der Waals surface area contributed by atoms with Crippen LogP contribution in [0.5, 0.6) is 0 Å². The molecule has 1 saturated heterocycles. The maximum Gasteiger partial charge on any atom is 0.221 e. The van der Waals surface area contributed by atoms with Gasteiger partial charge in [-0.2, -0.15) is 0 Å². The molecule has 1 amide bonds. The van der Waals surface area contributed by atoms with Crippen molar-refractivity contribution in [1.29, 1.82) is 0 Å². The lowest BCUT2D eigenvalue weighted by Gasteiger charge is -2.24. The number of rotatable bonds is 6. The van der Waals surface area contributed by atoms with Gasteiger partial charge < -0.3 is 20.1 Å². The van der Waals surface area contributed by atoms with Crippen molar-refractivity contribution >= 4 is 5.91 Å². The van der Waals surface area contributed by atoms with Crippen LogP contribution in [0.3, 0.4) is 0 Å². The average molecular weight is 270 g/mol. The molecule has 5 nitrogen and oxygen atoms in total. The third kappa shape index (κ3) is 5.89. The highest BCUT2D eigenvalue weighted by molar-refractivity contribution is 5.76. The van der Waals surface area contributed by atoms with Gasteiger partial charge in [0.25, 0.3) is 0 Å². The van der Waals surface area contributed by atoms with Gasteiger partial charge in [-0.15, -0.1) is 0 Å². The Morgan fingerprint density at radius 1 is 1.32 bits per heavy atom. The van der Waals surface area contributed by atoms with E-state index in [1.165, 1.54) is 32.1 Å². The van der Waals surface area contributed by atoms with E-state index in [9.17, 15) is 4.79 Å². The monoisotopic (exact) mass is 270 g/mol. The molecule has 1 saturated carbocycles. The Kier molecular flexibility index (Phi) is 6.61. The molecule has 1 heterocycles. The molecular formula is C14H26N2O3. The second-order valence-corrected chi connectivity index (χ2v) is 5.41. The van der Waals surface area contributed by atoms with E-state index in [2.05, 4.69) is 10.6 Å². The fourth-order valence-corrected chi connectivity index (χ4v) is 2.69. The summed E-state index contributed by atoms with van der Waals surface area (Å²) in [6, 6.07) is 0.160. The maximum atomic E-state index is 11.7. The molecule has 1 aliphatic heterocycles. The van der Waals surface area contributed by atoms with Crippen molar-refractivity contribution in [3.8, 4) is 0 Å². The second-order valence-electron chi connectivity index (χ2n) is 5.41. The zero-order valence-electron chi connectivity index (χ0n) is 11.7. The molecule has 2 aliphatic rings. The molecule has 1 unspecified atom stereocenters. The number of ether oxygens (including phenoxy) is 2. The van der Waals surface area contributed by atoms with Gasteiger partial charge in [0.05, 0.1) is 25.9 Å². The summed E-state index contributed by atoms with van der Waals surface area (Å²) in [7, 11) is 0. The normalized spacial score (nSPS) is 25.2. The summed E-state index contributed by atoms with van der Waals surface area (Å²) in [4.78, 5) is 11.7. The summed E-state index contributed by atoms with van der Waals surface area (Å²) in [5, 5.41) is 6.19. The van der Waals surface area contributed by atoms with E-state index in [-0.39, 0.29) is 11.9 Å². The number of hydrogen-bond acceptors (Lipinski definition) is 4. The van der Waals surface area contributed by atoms with Crippen molar-refractivity contribution in [2.75, 3.05) is 32.9 Å². The fraction of sp³-hybridized carbons (Fsp3) is 0.929. The first kappa shape index (κ1) is 14.8. The van der Waals surface area contributed by atoms with Crippen molar-refractivity contribution < 1.29 is 14.3 Å². The molecule has 110 valence electrons. The Bertz CT molecular complexity index is 261. The number of carbonyl (C=O) groups is 1. The molecule has 1 aliphatic carbocycles. The predicted octanol–water partition coefficient (Wildman–Crippen LogP) is 0.830. The number of morpholine rings is 1. The predicted molar refractivity (Wildman–Crippen MR) is 73.1 cm³/mol. The van der Waals surface area contributed by atoms with Crippen molar-refractivity contribution in [1.82, 2.24) is 10.6 Å². The second kappa shape index (κ2) is 8.51. The molecule has 0 spiro atoms. The smallest absolute Gasteiger partial charge is 0.221 e. The standard InChI is InChI=1S/C14H26N2O3/c17-14(10-12-11-18-8-6-15-12)16-7-9-19-13-4-2-1-3-5-13/h12-13,15H,1-11H2,(H,16,17). The van der Waals surface area contributed by atoms with Crippen LogP contribution in [-0.4, -0.2) is 51.0 Å². The molecule has 1 atom stereocenters. The minimum absolute atomic E-state index is 0.0789. The molecule has 2 fully saturated rings. The summed E-state index contributed by atoms with van der Waals surface area (Å²) in [5.74, 6) is 0.0789. The van der Waals surface area contributed by atoms with Gasteiger partial charge in [-0.25, -0.2) is 0 Å². The summed E-state index contributed by atoms with van der Waals surface area (Å²) >= 11 is 0. The summed E-state index contributed by atoms with van der Waals surface area (Å²) in [6.45, 7) is 3.45. The summed E-state index contributed by atoms with van der Waals surface area (Å²) in [5.41, 5.74) is 0. The van der Waals surface area contributed by atoms with Crippen molar-refractivity contribution in [2.45, 2.75) is 50.7 Å². The first-order valence-electron chi connectivity index (χ1n) is 7.54. The Morgan fingerprint density at radius 3 is 2.89 bits per heavy atom. The van der Waals surface area contributed by atoms with E-state index in [4.69, 9.17) is 9.47 Å². The van der Waals surface area contributed by atoms with E-state index in [0.29, 0.717) is 32.3 Å². The minimum Gasteiger partial charge on any atom is -0.378 e. The van der Waals surface area contributed by atoms with E-state index in [1.807, 2.05) is 0 Å². The Balaban J connectivity index is 1.48. The quantitative estimate of drug-likeness (QED) is 0.702. The van der Waals surface area contributed by atoms with E-state index < -0.39 is 0 Å². The highest BCUT2D eigenvalue weighted by Crippen LogP contribution is 2.19. The van der Waals surface area contributed by atoms with Gasteiger partial charge in [0.2, 0.25) is 5.91 Å². The highest BCUT2D eigenvalue weighted by Gasteiger charge is 2.17. The van der Waals surface area contributed by atoms with Crippen LogP contribution in [0.15, 0.2) is 0 Å². The average Bonchev–Trinajstić information content (AvgIpc) is 2.46. The molecule has 5 heteroatoms. The van der Waals surface area contributed by atoms with Gasteiger partial charge in [0, 0.05) is 25.6 Å². The molecule has 0 aromatic carbocycles.